The Kier molecular flexibility index (Phi) is 10.3. The van der Waals surface area contributed by atoms with E-state index in [1.165, 1.54) is 59.9 Å². The normalized spacial score (nSPS) is 17.6. The Bertz CT molecular complexity index is 1580. The fraction of sp³-hybridized carbons (Fsp3) is 0.452. The number of allylic oxidation sites excluding steroid dienone is 4. The molecule has 1 fully saturated rings. The van der Waals surface area contributed by atoms with Gasteiger partial charge in [-0.1, -0.05) is 0 Å². The number of halogens is 2. The van der Waals surface area contributed by atoms with E-state index in [0.29, 0.717) is 16.9 Å². The molecule has 3 aromatic carbocycles. The minimum atomic E-state index is -4.63. The van der Waals surface area contributed by atoms with Crippen molar-refractivity contribution >= 4 is 32.4 Å². The van der Waals surface area contributed by atoms with Gasteiger partial charge in [0.1, 0.15) is 0 Å². The van der Waals surface area contributed by atoms with Crippen LogP contribution < -0.4 is 3.32 Å². The first kappa shape index (κ1) is 36.3. The molecule has 0 nitrogen and oxygen atoms in total. The van der Waals surface area contributed by atoms with E-state index in [1.54, 1.807) is 14.4 Å². The molecule has 6 rings (SSSR count). The van der Waals surface area contributed by atoms with Gasteiger partial charge in [-0.05, 0) is 0 Å². The zero-order valence-corrected chi connectivity index (χ0v) is 34.2. The molecular weight excluding hydrogens is 754 g/mol. The molecule has 1 saturated carbocycles. The fourth-order valence-electron chi connectivity index (χ4n) is 9.17. The maximum absolute atomic E-state index is 5.93. The van der Waals surface area contributed by atoms with E-state index in [0.717, 1.165) is 0 Å². The third-order valence-corrected chi connectivity index (χ3v) is 41.2. The average molecular weight is 810 g/mol. The minimum absolute atomic E-state index is 0. The number of fused-ring (bicyclic) bond motifs is 3. The van der Waals surface area contributed by atoms with E-state index >= 15 is 0 Å². The molecule has 0 atom stereocenters. The van der Waals surface area contributed by atoms with E-state index in [2.05, 4.69) is 140 Å². The topological polar surface area (TPSA) is 0 Å². The molecule has 45 heavy (non-hydrogen) atoms. The monoisotopic (exact) mass is 810 g/mol. The third kappa shape index (κ3) is 5.80. The molecule has 0 aliphatic heterocycles. The SMILES string of the molecule is Cl.Cl.[CH2]=[Hf]([c]1ccc(C(C)C)cc1)([CH]1C=CC=C1)([CH]1CCCCC1)[CH]1c2cc(C(C)(C)C)ccc2-c2ccc(C(C)(C)C)cc21. The van der Waals surface area contributed by atoms with Gasteiger partial charge in [0.2, 0.25) is 0 Å². The molecule has 0 bridgehead atoms. The van der Waals surface area contributed by atoms with Gasteiger partial charge in [-0.3, -0.25) is 0 Å². The van der Waals surface area contributed by atoms with Gasteiger partial charge in [-0.2, -0.15) is 0 Å². The quantitative estimate of drug-likeness (QED) is 0.225. The van der Waals surface area contributed by atoms with Crippen molar-refractivity contribution in [1.82, 2.24) is 0 Å². The van der Waals surface area contributed by atoms with Gasteiger partial charge < -0.3 is 0 Å². The van der Waals surface area contributed by atoms with Crippen LogP contribution in [-0.4, -0.2) is 4.26 Å². The zero-order valence-electron chi connectivity index (χ0n) is 29.0. The number of rotatable bonds is 5. The number of benzene rings is 3. The standard InChI is InChI=1S/C21H25.C9H11.C6H11.C5H5.CH2.2ClH.Hf/c1-20(2,3)16-7-9-18-14(12-16)11-15-13-17(21(4,5)6)8-10-19(15)18;1-8(2)9-6-4-3-5-7-9;1-2-4-6-5-3-1;1-2-4-5-3-1;;;;/h7-13H,1-6H3;4-8H,1-2H3;1H,2-6H2;1-5H;1H2;2*1H;. The summed E-state index contributed by atoms with van der Waals surface area (Å²) in [6, 6.07) is 25.1. The summed E-state index contributed by atoms with van der Waals surface area (Å²) in [6.07, 6.45) is 16.5. The maximum atomic E-state index is 5.93. The van der Waals surface area contributed by atoms with Crippen LogP contribution in [0, 0.1) is 0 Å². The summed E-state index contributed by atoms with van der Waals surface area (Å²) in [6.45, 7) is 18.9. The van der Waals surface area contributed by atoms with Crippen molar-refractivity contribution in [2.45, 2.75) is 115 Å². The summed E-state index contributed by atoms with van der Waals surface area (Å²) in [5, 5.41) is 0. The second kappa shape index (κ2) is 12.8. The van der Waals surface area contributed by atoms with Crippen LogP contribution in [-0.2, 0) is 28.8 Å². The van der Waals surface area contributed by atoms with Crippen LogP contribution in [0.4, 0.5) is 0 Å². The predicted octanol–water partition coefficient (Wildman–Crippen LogP) is 12.4. The van der Waals surface area contributed by atoms with Crippen LogP contribution in [0.2, 0.25) is 7.35 Å². The van der Waals surface area contributed by atoms with Gasteiger partial charge in [-0.15, -0.1) is 24.8 Å². The summed E-state index contributed by atoms with van der Waals surface area (Å²) in [5.74, 6) is 0.526. The van der Waals surface area contributed by atoms with Crippen LogP contribution in [0.3, 0.4) is 0 Å². The van der Waals surface area contributed by atoms with Crippen LogP contribution in [0.1, 0.15) is 125 Å². The van der Waals surface area contributed by atoms with Gasteiger partial charge in [0.15, 0.2) is 0 Å². The van der Waals surface area contributed by atoms with Crippen LogP contribution in [0.25, 0.3) is 11.1 Å². The van der Waals surface area contributed by atoms with Gasteiger partial charge in [0.25, 0.3) is 0 Å². The van der Waals surface area contributed by atoms with E-state index < -0.39 is 18.0 Å². The van der Waals surface area contributed by atoms with Crippen molar-refractivity contribution in [3.05, 3.63) is 113 Å². The first-order valence-electron chi connectivity index (χ1n) is 17.0. The van der Waals surface area contributed by atoms with Crippen molar-refractivity contribution < 1.29 is 18.0 Å². The second-order valence-corrected chi connectivity index (χ2v) is 38.5. The molecule has 0 aromatic heterocycles. The first-order chi connectivity index (χ1) is 20.2. The average Bonchev–Trinajstić information content (AvgIpc) is 3.64. The van der Waals surface area contributed by atoms with Crippen LogP contribution in [0.5, 0.6) is 0 Å². The molecule has 0 radical (unpaired) electrons. The molecule has 0 saturated heterocycles. The third-order valence-electron chi connectivity index (χ3n) is 11.8. The van der Waals surface area contributed by atoms with E-state index in [9.17, 15) is 0 Å². The molecule has 3 aromatic rings. The van der Waals surface area contributed by atoms with Crippen molar-refractivity contribution in [2.75, 3.05) is 0 Å². The Hall–Kier alpha value is -1.54. The van der Waals surface area contributed by atoms with Gasteiger partial charge >= 0.3 is 265 Å². The summed E-state index contributed by atoms with van der Waals surface area (Å²) < 4.78 is 9.01. The fourth-order valence-corrected chi connectivity index (χ4v) is 39.4. The molecule has 0 spiro atoms. The van der Waals surface area contributed by atoms with Gasteiger partial charge in [-0.25, -0.2) is 0 Å². The molecule has 3 aliphatic carbocycles. The van der Waals surface area contributed by atoms with Crippen molar-refractivity contribution in [3.63, 3.8) is 0 Å². The Morgan fingerprint density at radius 3 is 1.56 bits per heavy atom. The number of hydrogen-bond donors (Lipinski definition) is 0. The Morgan fingerprint density at radius 2 is 1.13 bits per heavy atom. The molecule has 0 heterocycles. The second-order valence-electron chi connectivity index (χ2n) is 16.7. The molecule has 0 unspecified atom stereocenters. The van der Waals surface area contributed by atoms with Crippen LogP contribution >= 0.6 is 24.8 Å². The van der Waals surface area contributed by atoms with Crippen molar-refractivity contribution in [1.29, 1.82) is 0 Å². The Labute approximate surface area is 287 Å². The van der Waals surface area contributed by atoms with E-state index in [4.69, 9.17) is 4.26 Å². The number of hydrogen-bond acceptors (Lipinski definition) is 0. The first-order valence-corrected chi connectivity index (χ1v) is 27.6. The molecule has 3 heteroatoms. The molecule has 0 N–H and O–H groups in total. The molecule has 3 aliphatic rings. The van der Waals surface area contributed by atoms with Gasteiger partial charge in [0, 0.05) is 0 Å². The predicted molar refractivity (Wildman–Crippen MR) is 202 cm³/mol. The molecule has 242 valence electrons. The summed E-state index contributed by atoms with van der Waals surface area (Å²) >= 11 is -4.63. The summed E-state index contributed by atoms with van der Waals surface area (Å²) in [5.41, 5.74) is 10.6. The molecular formula is C42H56Cl2Hf. The van der Waals surface area contributed by atoms with E-state index in [1.807, 2.05) is 0 Å². The van der Waals surface area contributed by atoms with E-state index in [-0.39, 0.29) is 35.6 Å². The van der Waals surface area contributed by atoms with Gasteiger partial charge in [0.05, 0.1) is 0 Å². The summed E-state index contributed by atoms with van der Waals surface area (Å²) in [4.78, 5) is 0. The Morgan fingerprint density at radius 1 is 0.667 bits per heavy atom. The van der Waals surface area contributed by atoms with Crippen molar-refractivity contribution in [3.8, 4) is 11.1 Å². The zero-order chi connectivity index (χ0) is 30.8. The molecule has 0 amide bonds. The summed E-state index contributed by atoms with van der Waals surface area (Å²) in [7, 11) is 0. The van der Waals surface area contributed by atoms with Crippen LogP contribution in [0.15, 0.2) is 85.0 Å². The Balaban J connectivity index is 0.00000230. The van der Waals surface area contributed by atoms with Crippen molar-refractivity contribution in [2.24, 2.45) is 0 Å².